The summed E-state index contributed by atoms with van der Waals surface area (Å²) in [5, 5.41) is 0. The monoisotopic (exact) mass is 362 g/mol. The van der Waals surface area contributed by atoms with E-state index in [2.05, 4.69) is 60.7 Å². The van der Waals surface area contributed by atoms with E-state index < -0.39 is 0 Å². The van der Waals surface area contributed by atoms with Crippen LogP contribution in [0.3, 0.4) is 0 Å². The lowest BCUT2D eigenvalue weighted by atomic mass is 9.74. The molecule has 3 aromatic rings. The Balaban J connectivity index is 1.57. The fourth-order valence-corrected chi connectivity index (χ4v) is 7.43. The van der Waals surface area contributed by atoms with Crippen molar-refractivity contribution < 1.29 is 0 Å². The number of hydrogen-bond donors (Lipinski definition) is 0. The van der Waals surface area contributed by atoms with Crippen LogP contribution in [0.5, 0.6) is 0 Å². The average molecular weight is 363 g/mol. The van der Waals surface area contributed by atoms with Crippen LogP contribution in [0.15, 0.2) is 60.7 Å². The van der Waals surface area contributed by atoms with Gasteiger partial charge in [-0.1, -0.05) is 74.2 Å². The van der Waals surface area contributed by atoms with Crippen LogP contribution in [-0.4, -0.2) is 0 Å². The molecule has 0 radical (unpaired) electrons. The van der Waals surface area contributed by atoms with Crippen LogP contribution in [0.2, 0.25) is 0 Å². The largest absolute Gasteiger partial charge is 0.0619 e. The zero-order valence-electron chi connectivity index (χ0n) is 16.4. The highest BCUT2D eigenvalue weighted by molar-refractivity contribution is 5.90. The zero-order chi connectivity index (χ0) is 18.3. The van der Waals surface area contributed by atoms with Gasteiger partial charge < -0.3 is 0 Å². The van der Waals surface area contributed by atoms with E-state index in [1.54, 1.807) is 33.4 Å². The van der Waals surface area contributed by atoms with Crippen molar-refractivity contribution in [3.63, 3.8) is 0 Å². The molecule has 4 aliphatic rings. The number of benzene rings is 3. The van der Waals surface area contributed by atoms with Crippen molar-refractivity contribution in [2.45, 2.75) is 62.2 Å². The summed E-state index contributed by atoms with van der Waals surface area (Å²) in [6.07, 6.45) is 10.8. The first-order chi connectivity index (χ1) is 13.8. The molecule has 0 bridgehead atoms. The Morgan fingerprint density at radius 1 is 0.429 bits per heavy atom. The lowest BCUT2D eigenvalue weighted by Gasteiger charge is -2.29. The van der Waals surface area contributed by atoms with Gasteiger partial charge in [-0.05, 0) is 82.3 Å². The van der Waals surface area contributed by atoms with Crippen LogP contribution in [0.25, 0.3) is 22.3 Å². The fraction of sp³-hybridized carbons (Fsp3) is 0.357. The van der Waals surface area contributed by atoms with Crippen LogP contribution in [0.1, 0.15) is 73.6 Å². The SMILES string of the molecule is c1ccc2c(c1)-c1cc3c(cc1C21CCCC1)-c1ccccc1C31CCCC1. The van der Waals surface area contributed by atoms with Crippen molar-refractivity contribution in [3.8, 4) is 22.3 Å². The molecule has 2 saturated carbocycles. The second kappa shape index (κ2) is 5.17. The molecule has 4 aliphatic carbocycles. The summed E-state index contributed by atoms with van der Waals surface area (Å²) in [6, 6.07) is 23.9. The molecule has 0 amide bonds. The maximum Gasteiger partial charge on any atom is 0.0215 e. The van der Waals surface area contributed by atoms with Crippen molar-refractivity contribution >= 4 is 0 Å². The summed E-state index contributed by atoms with van der Waals surface area (Å²) in [4.78, 5) is 0. The highest BCUT2D eigenvalue weighted by Gasteiger charge is 2.49. The summed E-state index contributed by atoms with van der Waals surface area (Å²) in [5.74, 6) is 0. The zero-order valence-corrected chi connectivity index (χ0v) is 16.4. The second-order valence-corrected chi connectivity index (χ2v) is 9.61. The van der Waals surface area contributed by atoms with Gasteiger partial charge in [0.25, 0.3) is 0 Å². The van der Waals surface area contributed by atoms with E-state index in [0.717, 1.165) is 0 Å². The Labute approximate surface area is 167 Å². The lowest BCUT2D eigenvalue weighted by Crippen LogP contribution is -2.22. The van der Waals surface area contributed by atoms with E-state index in [9.17, 15) is 0 Å². The first-order valence-corrected chi connectivity index (χ1v) is 11.2. The van der Waals surface area contributed by atoms with Crippen molar-refractivity contribution in [2.24, 2.45) is 0 Å². The van der Waals surface area contributed by atoms with Crippen molar-refractivity contribution in [1.29, 1.82) is 0 Å². The van der Waals surface area contributed by atoms with Crippen LogP contribution >= 0.6 is 0 Å². The average Bonchev–Trinajstić information content (AvgIpc) is 3.52. The fourth-order valence-electron chi connectivity index (χ4n) is 7.43. The van der Waals surface area contributed by atoms with Gasteiger partial charge in [-0.2, -0.15) is 0 Å². The van der Waals surface area contributed by atoms with Gasteiger partial charge in [0.1, 0.15) is 0 Å². The minimum Gasteiger partial charge on any atom is -0.0619 e. The van der Waals surface area contributed by atoms with Gasteiger partial charge in [-0.15, -0.1) is 0 Å². The molecule has 0 heteroatoms. The van der Waals surface area contributed by atoms with E-state index in [-0.39, 0.29) is 10.8 Å². The molecule has 138 valence electrons. The molecule has 0 aromatic heterocycles. The Morgan fingerprint density at radius 2 is 0.821 bits per heavy atom. The molecule has 0 saturated heterocycles. The Kier molecular flexibility index (Phi) is 2.88. The summed E-state index contributed by atoms with van der Waals surface area (Å²) in [7, 11) is 0. The first kappa shape index (κ1) is 15.6. The van der Waals surface area contributed by atoms with Crippen molar-refractivity contribution in [2.75, 3.05) is 0 Å². The first-order valence-electron chi connectivity index (χ1n) is 11.2. The van der Waals surface area contributed by atoms with Gasteiger partial charge >= 0.3 is 0 Å². The van der Waals surface area contributed by atoms with Crippen molar-refractivity contribution in [3.05, 3.63) is 82.9 Å². The summed E-state index contributed by atoms with van der Waals surface area (Å²) >= 11 is 0. The number of hydrogen-bond acceptors (Lipinski definition) is 0. The van der Waals surface area contributed by atoms with Gasteiger partial charge in [0.2, 0.25) is 0 Å². The van der Waals surface area contributed by atoms with E-state index in [4.69, 9.17) is 0 Å². The predicted octanol–water partition coefficient (Wildman–Crippen LogP) is 7.37. The van der Waals surface area contributed by atoms with Gasteiger partial charge in [-0.3, -0.25) is 0 Å². The third-order valence-electron chi connectivity index (χ3n) is 8.57. The lowest BCUT2D eigenvalue weighted by molar-refractivity contribution is 0.543. The summed E-state index contributed by atoms with van der Waals surface area (Å²) < 4.78 is 0. The Bertz CT molecular complexity index is 1030. The molecule has 0 N–H and O–H groups in total. The van der Waals surface area contributed by atoms with E-state index in [1.165, 1.54) is 62.5 Å². The van der Waals surface area contributed by atoms with Gasteiger partial charge in [0, 0.05) is 10.8 Å². The predicted molar refractivity (Wildman–Crippen MR) is 116 cm³/mol. The van der Waals surface area contributed by atoms with Crippen LogP contribution in [-0.2, 0) is 10.8 Å². The molecule has 3 aromatic carbocycles. The second-order valence-electron chi connectivity index (χ2n) is 9.61. The Hall–Kier alpha value is -2.34. The highest BCUT2D eigenvalue weighted by atomic mass is 14.5. The minimum absolute atomic E-state index is 0.279. The molecule has 0 atom stereocenters. The Morgan fingerprint density at radius 3 is 1.25 bits per heavy atom. The van der Waals surface area contributed by atoms with E-state index in [1.807, 2.05) is 0 Å². The number of fused-ring (bicyclic) bond motifs is 10. The minimum atomic E-state index is 0.279. The molecular weight excluding hydrogens is 336 g/mol. The molecule has 0 nitrogen and oxygen atoms in total. The molecule has 0 heterocycles. The van der Waals surface area contributed by atoms with Gasteiger partial charge in [-0.25, -0.2) is 0 Å². The molecule has 7 rings (SSSR count). The van der Waals surface area contributed by atoms with Crippen LogP contribution in [0.4, 0.5) is 0 Å². The standard InChI is InChI=1S/C28H26/c1-3-11-23-19(9-1)21-17-26-22(18-25(21)27(23)13-5-6-14-27)20-10-2-4-12-24(20)28(26)15-7-8-16-28/h1-4,9-12,17-18H,5-8,13-16H2. The van der Waals surface area contributed by atoms with Crippen LogP contribution < -0.4 is 0 Å². The molecule has 0 unspecified atom stereocenters. The smallest absolute Gasteiger partial charge is 0.0215 e. The highest BCUT2D eigenvalue weighted by Crippen LogP contribution is 2.62. The molecular formula is C28H26. The molecule has 2 fully saturated rings. The molecule has 28 heavy (non-hydrogen) atoms. The van der Waals surface area contributed by atoms with Gasteiger partial charge in [0.05, 0.1) is 0 Å². The van der Waals surface area contributed by atoms with Crippen LogP contribution in [0, 0.1) is 0 Å². The topological polar surface area (TPSA) is 0 Å². The normalized spacial score (nSPS) is 21.7. The van der Waals surface area contributed by atoms with Gasteiger partial charge in [0.15, 0.2) is 0 Å². The third kappa shape index (κ3) is 1.66. The molecule has 2 spiro atoms. The van der Waals surface area contributed by atoms with E-state index in [0.29, 0.717) is 0 Å². The quantitative estimate of drug-likeness (QED) is 0.392. The van der Waals surface area contributed by atoms with E-state index >= 15 is 0 Å². The molecule has 0 aliphatic heterocycles. The summed E-state index contributed by atoms with van der Waals surface area (Å²) in [5.41, 5.74) is 13.2. The summed E-state index contributed by atoms with van der Waals surface area (Å²) in [6.45, 7) is 0. The van der Waals surface area contributed by atoms with Crippen molar-refractivity contribution in [1.82, 2.24) is 0 Å². The third-order valence-corrected chi connectivity index (χ3v) is 8.57. The maximum atomic E-state index is 2.64. The number of rotatable bonds is 0. The maximum absolute atomic E-state index is 2.64.